The summed E-state index contributed by atoms with van der Waals surface area (Å²) in [6.45, 7) is 7.32. The summed E-state index contributed by atoms with van der Waals surface area (Å²) < 4.78 is 68.6. The fourth-order valence-corrected chi connectivity index (χ4v) is 14.0. The molecule has 0 spiro atoms. The molecule has 0 heterocycles. The highest BCUT2D eigenvalue weighted by molar-refractivity contribution is 7.47. The summed E-state index contributed by atoms with van der Waals surface area (Å²) in [7, 11) is -9.91. The maximum Gasteiger partial charge on any atom is 0.472 e. The molecule has 0 aromatic carbocycles. The molecule has 17 nitrogen and oxygen atoms in total. The van der Waals surface area contributed by atoms with E-state index in [9.17, 15) is 43.2 Å². The van der Waals surface area contributed by atoms with Crippen LogP contribution >= 0.6 is 15.6 Å². The standard InChI is InChI=1S/C80H156O17P2/c1-6-10-13-16-19-22-24-26-28-30-31-32-34-36-38-40-45-50-55-60-65-79(84)97-76(70-91-78(83)64-59-54-49-44-39-37-35-33-29-27-25-23-20-17-14-11-7-2)72-95-99(88,89)93-68-74(81)67-92-98(86,87)94-71-75(69-90-77(82)63-58-53-48-21-18-15-12-8-3)96-80(85)66-61-56-51-46-42-41-43-47-52-57-62-73(5)9-4/h73-76,81H,6-72H2,1-5H3,(H,86,87)(H,88,89)/t73?,74-,75+,76+/m0/s1. The van der Waals surface area contributed by atoms with Gasteiger partial charge in [0.05, 0.1) is 26.4 Å². The zero-order chi connectivity index (χ0) is 72.7. The number of esters is 4. The Bertz CT molecular complexity index is 1890. The predicted octanol–water partition coefficient (Wildman–Crippen LogP) is 24.0. The lowest BCUT2D eigenvalue weighted by molar-refractivity contribution is -0.161. The van der Waals surface area contributed by atoms with Gasteiger partial charge in [-0.05, 0) is 31.6 Å². The van der Waals surface area contributed by atoms with Crippen LogP contribution in [-0.2, 0) is 65.4 Å². The summed E-state index contributed by atoms with van der Waals surface area (Å²) in [6, 6.07) is 0. The van der Waals surface area contributed by atoms with E-state index >= 15 is 0 Å². The molecule has 0 saturated heterocycles. The molecule has 6 atom stereocenters. The summed E-state index contributed by atoms with van der Waals surface area (Å²) in [5.74, 6) is -1.31. The van der Waals surface area contributed by atoms with Crippen LogP contribution in [0.3, 0.4) is 0 Å². The normalized spacial score (nSPS) is 14.1. The van der Waals surface area contributed by atoms with Crippen molar-refractivity contribution in [2.45, 2.75) is 445 Å². The number of carbonyl (C=O) groups is 4. The van der Waals surface area contributed by atoms with Gasteiger partial charge in [-0.25, -0.2) is 9.13 Å². The average Bonchev–Trinajstić information content (AvgIpc) is 1.05. The van der Waals surface area contributed by atoms with Gasteiger partial charge >= 0.3 is 39.5 Å². The Morgan fingerprint density at radius 1 is 0.283 bits per heavy atom. The van der Waals surface area contributed by atoms with Crippen LogP contribution in [0.4, 0.5) is 0 Å². The van der Waals surface area contributed by atoms with Crippen molar-refractivity contribution >= 4 is 39.5 Å². The number of aliphatic hydroxyl groups is 1. The fourth-order valence-electron chi connectivity index (χ4n) is 12.4. The van der Waals surface area contributed by atoms with Gasteiger partial charge in [-0.1, -0.05) is 375 Å². The van der Waals surface area contributed by atoms with Crippen molar-refractivity contribution in [1.29, 1.82) is 0 Å². The Balaban J connectivity index is 5.20. The molecule has 0 aromatic rings. The third-order valence-electron chi connectivity index (χ3n) is 19.1. The van der Waals surface area contributed by atoms with Crippen molar-refractivity contribution in [1.82, 2.24) is 0 Å². The monoisotopic (exact) mass is 1450 g/mol. The third-order valence-corrected chi connectivity index (χ3v) is 21.0. The van der Waals surface area contributed by atoms with E-state index in [0.717, 1.165) is 102 Å². The minimum atomic E-state index is -4.96. The van der Waals surface area contributed by atoms with Gasteiger partial charge in [0.25, 0.3) is 0 Å². The van der Waals surface area contributed by atoms with E-state index in [4.69, 9.17) is 37.0 Å². The molecule has 99 heavy (non-hydrogen) atoms. The molecule has 0 bridgehead atoms. The van der Waals surface area contributed by atoms with Crippen molar-refractivity contribution in [3.63, 3.8) is 0 Å². The maximum absolute atomic E-state index is 13.1. The first-order chi connectivity index (χ1) is 48.1. The third kappa shape index (κ3) is 72.8. The van der Waals surface area contributed by atoms with E-state index < -0.39 is 97.5 Å². The SMILES string of the molecule is CCCCCCCCCCCCCCCCCCCCCCC(=O)O[C@H](COC(=O)CCCCCCCCCCCCCCCCCCC)COP(=O)(O)OC[C@@H](O)COP(=O)(O)OC[C@@H](COC(=O)CCCCCCCCCC)OC(=O)CCCCCCCCCCCCC(C)CC. The first-order valence-corrected chi connectivity index (χ1v) is 44.7. The molecule has 19 heteroatoms. The number of carbonyl (C=O) groups excluding carboxylic acids is 4. The van der Waals surface area contributed by atoms with Crippen LogP contribution in [0.15, 0.2) is 0 Å². The number of rotatable bonds is 80. The van der Waals surface area contributed by atoms with Gasteiger partial charge in [0, 0.05) is 25.7 Å². The smallest absolute Gasteiger partial charge is 0.462 e. The van der Waals surface area contributed by atoms with Crippen LogP contribution < -0.4 is 0 Å². The molecule has 0 saturated carbocycles. The second-order valence-corrected chi connectivity index (χ2v) is 32.0. The topological polar surface area (TPSA) is 237 Å². The van der Waals surface area contributed by atoms with Gasteiger partial charge in [0.2, 0.25) is 0 Å². The van der Waals surface area contributed by atoms with Gasteiger partial charge < -0.3 is 33.8 Å². The number of ether oxygens (including phenoxy) is 4. The number of phosphoric ester groups is 2. The second-order valence-electron chi connectivity index (χ2n) is 29.1. The number of unbranched alkanes of at least 4 members (excludes halogenated alkanes) is 51. The van der Waals surface area contributed by atoms with Crippen LogP contribution in [0.25, 0.3) is 0 Å². The van der Waals surface area contributed by atoms with Crippen molar-refractivity contribution in [2.24, 2.45) is 5.92 Å². The minimum Gasteiger partial charge on any atom is -0.462 e. The Hall–Kier alpha value is -1.94. The quantitative estimate of drug-likeness (QED) is 0.0222. The fraction of sp³-hybridized carbons (Fsp3) is 0.950. The van der Waals surface area contributed by atoms with Crippen LogP contribution in [0.2, 0.25) is 0 Å². The highest BCUT2D eigenvalue weighted by Crippen LogP contribution is 2.45. The molecule has 0 amide bonds. The second kappa shape index (κ2) is 73.0. The molecule has 0 aliphatic rings. The van der Waals surface area contributed by atoms with Crippen molar-refractivity contribution in [3.8, 4) is 0 Å². The molecule has 3 N–H and O–H groups in total. The summed E-state index contributed by atoms with van der Waals surface area (Å²) in [6.07, 6.45) is 63.9. The van der Waals surface area contributed by atoms with E-state index in [2.05, 4.69) is 34.6 Å². The predicted molar refractivity (Wildman–Crippen MR) is 405 cm³/mol. The van der Waals surface area contributed by atoms with Gasteiger partial charge in [0.1, 0.15) is 19.3 Å². The lowest BCUT2D eigenvalue weighted by Gasteiger charge is -2.21. The molecule has 0 aliphatic heterocycles. The Labute approximate surface area is 607 Å². The molecular weight excluding hydrogens is 1290 g/mol. The van der Waals surface area contributed by atoms with Gasteiger partial charge in [-0.2, -0.15) is 0 Å². The molecule has 0 fully saturated rings. The van der Waals surface area contributed by atoms with Gasteiger partial charge in [-0.15, -0.1) is 0 Å². The van der Waals surface area contributed by atoms with Crippen LogP contribution in [0.1, 0.15) is 426 Å². The Morgan fingerprint density at radius 2 is 0.485 bits per heavy atom. The van der Waals surface area contributed by atoms with Gasteiger partial charge in [-0.3, -0.25) is 37.3 Å². The van der Waals surface area contributed by atoms with E-state index in [1.165, 1.54) is 244 Å². The number of hydrogen-bond acceptors (Lipinski definition) is 15. The first-order valence-electron chi connectivity index (χ1n) is 41.7. The number of aliphatic hydroxyl groups excluding tert-OH is 1. The van der Waals surface area contributed by atoms with Crippen molar-refractivity contribution < 1.29 is 80.2 Å². The largest absolute Gasteiger partial charge is 0.472 e. The summed E-state index contributed by atoms with van der Waals surface area (Å²) in [5, 5.41) is 10.6. The zero-order valence-corrected chi connectivity index (χ0v) is 66.4. The van der Waals surface area contributed by atoms with Gasteiger partial charge in [0.15, 0.2) is 12.2 Å². The molecule has 0 rings (SSSR count). The Morgan fingerprint density at radius 3 is 0.717 bits per heavy atom. The number of hydrogen-bond donors (Lipinski definition) is 3. The van der Waals surface area contributed by atoms with Crippen LogP contribution in [-0.4, -0.2) is 96.7 Å². The summed E-state index contributed by atoms with van der Waals surface area (Å²) in [4.78, 5) is 72.9. The first kappa shape index (κ1) is 97.1. The molecule has 0 radical (unpaired) electrons. The van der Waals surface area contributed by atoms with Crippen LogP contribution in [0.5, 0.6) is 0 Å². The van der Waals surface area contributed by atoms with E-state index in [-0.39, 0.29) is 25.7 Å². The lowest BCUT2D eigenvalue weighted by atomic mass is 9.99. The molecular formula is C80H156O17P2. The van der Waals surface area contributed by atoms with E-state index in [0.29, 0.717) is 25.7 Å². The molecule has 3 unspecified atom stereocenters. The molecule has 588 valence electrons. The maximum atomic E-state index is 13.1. The summed E-state index contributed by atoms with van der Waals surface area (Å²) in [5.41, 5.74) is 0. The highest BCUT2D eigenvalue weighted by atomic mass is 31.2. The average molecular weight is 1450 g/mol. The lowest BCUT2D eigenvalue weighted by Crippen LogP contribution is -2.30. The molecule has 0 aromatic heterocycles. The zero-order valence-electron chi connectivity index (χ0n) is 64.6. The minimum absolute atomic E-state index is 0.107. The van der Waals surface area contributed by atoms with Crippen LogP contribution in [0, 0.1) is 5.92 Å². The highest BCUT2D eigenvalue weighted by Gasteiger charge is 2.30. The van der Waals surface area contributed by atoms with Crippen molar-refractivity contribution in [3.05, 3.63) is 0 Å². The Kier molecular flexibility index (Phi) is 71.6. The van der Waals surface area contributed by atoms with E-state index in [1.54, 1.807) is 0 Å². The molecule has 0 aliphatic carbocycles. The van der Waals surface area contributed by atoms with Crippen molar-refractivity contribution in [2.75, 3.05) is 39.6 Å². The number of phosphoric acid groups is 2. The summed E-state index contributed by atoms with van der Waals surface area (Å²) >= 11 is 0. The van der Waals surface area contributed by atoms with E-state index in [1.807, 2.05) is 0 Å².